The van der Waals surface area contributed by atoms with Gasteiger partial charge in [-0.25, -0.2) is 13.6 Å². The molecule has 0 aliphatic carbocycles. The number of nitrogens with zero attached hydrogens (tertiary/aromatic N) is 1. The first kappa shape index (κ1) is 22.1. The monoisotopic (exact) mass is 430 g/mol. The summed E-state index contributed by atoms with van der Waals surface area (Å²) >= 11 is 0. The minimum Gasteiger partial charge on any atom is -0.454 e. The molecule has 2 aromatic carbocycles. The van der Waals surface area contributed by atoms with Crippen molar-refractivity contribution in [1.29, 1.82) is 0 Å². The van der Waals surface area contributed by atoms with Gasteiger partial charge in [0.05, 0.1) is 11.1 Å². The third-order valence-electron chi connectivity index (χ3n) is 4.68. The van der Waals surface area contributed by atoms with Crippen molar-refractivity contribution in [1.82, 2.24) is 4.90 Å². The van der Waals surface area contributed by atoms with Gasteiger partial charge in [0.2, 0.25) is 0 Å². The predicted molar refractivity (Wildman–Crippen MR) is 106 cm³/mol. The largest absolute Gasteiger partial charge is 0.454 e. The molecule has 0 radical (unpaired) electrons. The van der Waals surface area contributed by atoms with Gasteiger partial charge < -0.3 is 10.1 Å². The summed E-state index contributed by atoms with van der Waals surface area (Å²) in [5.74, 6) is -5.23. The van der Waals surface area contributed by atoms with Gasteiger partial charge in [-0.15, -0.1) is 0 Å². The smallest absolute Gasteiger partial charge is 0.329 e. The molecular weight excluding hydrogens is 410 g/mol. The van der Waals surface area contributed by atoms with Crippen molar-refractivity contribution in [3.63, 3.8) is 0 Å². The van der Waals surface area contributed by atoms with Gasteiger partial charge in [0.15, 0.2) is 6.61 Å². The number of carbonyl (C=O) groups excluding carboxylic acids is 4. The van der Waals surface area contributed by atoms with Crippen LogP contribution in [0.4, 0.5) is 14.5 Å². The minimum absolute atomic E-state index is 0.0804. The van der Waals surface area contributed by atoms with E-state index in [1.54, 1.807) is 26.0 Å². The average molecular weight is 430 g/mol. The number of benzene rings is 2. The summed E-state index contributed by atoms with van der Waals surface area (Å²) in [6.07, 6.45) is 0.119. The Labute approximate surface area is 177 Å². The van der Waals surface area contributed by atoms with E-state index >= 15 is 0 Å². The van der Waals surface area contributed by atoms with Gasteiger partial charge in [0.25, 0.3) is 17.7 Å². The van der Waals surface area contributed by atoms with Gasteiger partial charge in [-0.1, -0.05) is 32.0 Å². The Hall–Kier alpha value is -3.62. The highest BCUT2D eigenvalue weighted by Gasteiger charge is 2.43. The van der Waals surface area contributed by atoms with Crippen molar-refractivity contribution in [3.05, 3.63) is 65.2 Å². The fraction of sp³-hybridized carbons (Fsp3) is 0.273. The first-order valence-corrected chi connectivity index (χ1v) is 9.58. The van der Waals surface area contributed by atoms with Crippen LogP contribution in [0.3, 0.4) is 0 Å². The van der Waals surface area contributed by atoms with Crippen LogP contribution in [0, 0.1) is 17.6 Å². The average Bonchev–Trinajstić information content (AvgIpc) is 2.98. The van der Waals surface area contributed by atoms with Crippen LogP contribution < -0.4 is 5.32 Å². The number of amides is 3. The normalized spacial score (nSPS) is 13.9. The van der Waals surface area contributed by atoms with E-state index in [1.807, 2.05) is 5.32 Å². The standard InChI is InChI=1S/C22H20F2N2O5/c1-12(2)10-17(26-20(28)13-6-3-4-7-14(13)21(26)29)22(30)31-11-18(27)25-19-15(23)8-5-9-16(19)24/h3-9,12,17H,10-11H2,1-2H3,(H,25,27)/t17-/m1/s1. The molecule has 1 heterocycles. The lowest BCUT2D eigenvalue weighted by molar-refractivity contribution is -0.151. The first-order valence-electron chi connectivity index (χ1n) is 9.58. The van der Waals surface area contributed by atoms with E-state index in [9.17, 15) is 28.0 Å². The lowest BCUT2D eigenvalue weighted by Gasteiger charge is -2.25. The molecule has 0 bridgehead atoms. The maximum atomic E-state index is 13.7. The number of rotatable bonds is 7. The van der Waals surface area contributed by atoms with Gasteiger partial charge in [-0.3, -0.25) is 19.3 Å². The van der Waals surface area contributed by atoms with E-state index < -0.39 is 53.7 Å². The Morgan fingerprint density at radius 3 is 2.03 bits per heavy atom. The van der Waals surface area contributed by atoms with E-state index in [0.29, 0.717) is 0 Å². The summed E-state index contributed by atoms with van der Waals surface area (Å²) in [6.45, 7) is 2.75. The number of nitrogens with one attached hydrogen (secondary N) is 1. The topological polar surface area (TPSA) is 92.8 Å². The Morgan fingerprint density at radius 1 is 0.968 bits per heavy atom. The minimum atomic E-state index is -1.25. The summed E-state index contributed by atoms with van der Waals surface area (Å²) in [5, 5.41) is 2.00. The maximum Gasteiger partial charge on any atom is 0.329 e. The van der Waals surface area contributed by atoms with Crippen LogP contribution >= 0.6 is 0 Å². The van der Waals surface area contributed by atoms with Gasteiger partial charge in [-0.05, 0) is 36.6 Å². The number of imide groups is 1. The molecule has 1 aliphatic heterocycles. The molecule has 0 fully saturated rings. The SMILES string of the molecule is CC(C)C[C@H](C(=O)OCC(=O)Nc1c(F)cccc1F)N1C(=O)c2ccccc2C1=O. The molecular formula is C22H20F2N2O5. The zero-order chi connectivity index (χ0) is 22.7. The second kappa shape index (κ2) is 9.03. The molecule has 3 amide bonds. The molecule has 0 saturated carbocycles. The first-order chi connectivity index (χ1) is 14.7. The molecule has 7 nitrogen and oxygen atoms in total. The molecule has 0 spiro atoms. The van der Waals surface area contributed by atoms with Crippen LogP contribution in [0.25, 0.3) is 0 Å². The van der Waals surface area contributed by atoms with Crippen molar-refractivity contribution in [2.45, 2.75) is 26.3 Å². The Kier molecular flexibility index (Phi) is 6.43. The van der Waals surface area contributed by atoms with Crippen molar-refractivity contribution in [2.24, 2.45) is 5.92 Å². The molecule has 3 rings (SSSR count). The number of carbonyl (C=O) groups is 4. The van der Waals surface area contributed by atoms with Gasteiger partial charge in [0.1, 0.15) is 23.4 Å². The number of hydrogen-bond acceptors (Lipinski definition) is 5. The number of anilines is 1. The zero-order valence-electron chi connectivity index (χ0n) is 16.9. The van der Waals surface area contributed by atoms with E-state index in [2.05, 4.69) is 0 Å². The van der Waals surface area contributed by atoms with E-state index in [-0.39, 0.29) is 23.5 Å². The Bertz CT molecular complexity index is 999. The summed E-state index contributed by atoms with van der Waals surface area (Å²) < 4.78 is 32.3. The van der Waals surface area contributed by atoms with E-state index in [0.717, 1.165) is 23.1 Å². The Morgan fingerprint density at radius 2 is 1.52 bits per heavy atom. The summed E-state index contributed by atoms with van der Waals surface area (Å²) in [6, 6.07) is 8.01. The molecule has 31 heavy (non-hydrogen) atoms. The molecule has 0 aromatic heterocycles. The molecule has 162 valence electrons. The molecule has 1 N–H and O–H groups in total. The molecule has 1 aliphatic rings. The number of hydrogen-bond donors (Lipinski definition) is 1. The van der Waals surface area contributed by atoms with Crippen LogP contribution in [0.5, 0.6) is 0 Å². The Balaban J connectivity index is 1.72. The highest BCUT2D eigenvalue weighted by molar-refractivity contribution is 6.22. The van der Waals surface area contributed by atoms with Crippen LogP contribution in [0.15, 0.2) is 42.5 Å². The van der Waals surface area contributed by atoms with E-state index in [4.69, 9.17) is 4.74 Å². The maximum absolute atomic E-state index is 13.7. The predicted octanol–water partition coefficient (Wildman–Crippen LogP) is 3.16. The van der Waals surface area contributed by atoms with Gasteiger partial charge >= 0.3 is 5.97 Å². The van der Waals surface area contributed by atoms with E-state index in [1.165, 1.54) is 12.1 Å². The highest BCUT2D eigenvalue weighted by atomic mass is 19.1. The number of halogens is 2. The second-order valence-electron chi connectivity index (χ2n) is 7.42. The van der Waals surface area contributed by atoms with Gasteiger partial charge in [0, 0.05) is 0 Å². The fourth-order valence-electron chi connectivity index (χ4n) is 3.27. The van der Waals surface area contributed by atoms with Crippen LogP contribution in [-0.4, -0.2) is 41.2 Å². The molecule has 2 aromatic rings. The molecule has 0 saturated heterocycles. The van der Waals surface area contributed by atoms with Crippen molar-refractivity contribution < 1.29 is 32.7 Å². The van der Waals surface area contributed by atoms with Gasteiger partial charge in [-0.2, -0.15) is 0 Å². The molecule has 1 atom stereocenters. The molecule has 0 unspecified atom stereocenters. The number of ether oxygens (including phenoxy) is 1. The quantitative estimate of drug-likeness (QED) is 0.538. The summed E-state index contributed by atoms with van der Waals surface area (Å²) in [5.41, 5.74) is -0.300. The molecule has 9 heteroatoms. The number of esters is 1. The van der Waals surface area contributed by atoms with Crippen molar-refractivity contribution in [3.8, 4) is 0 Å². The lowest BCUT2D eigenvalue weighted by atomic mass is 10.0. The van der Waals surface area contributed by atoms with Crippen molar-refractivity contribution >= 4 is 29.4 Å². The third-order valence-corrected chi connectivity index (χ3v) is 4.68. The second-order valence-corrected chi connectivity index (χ2v) is 7.42. The fourth-order valence-corrected chi connectivity index (χ4v) is 3.27. The lowest BCUT2D eigenvalue weighted by Crippen LogP contribution is -2.46. The third kappa shape index (κ3) is 4.60. The number of para-hydroxylation sites is 1. The zero-order valence-corrected chi connectivity index (χ0v) is 16.9. The summed E-state index contributed by atoms with van der Waals surface area (Å²) in [7, 11) is 0. The highest BCUT2D eigenvalue weighted by Crippen LogP contribution is 2.27. The van der Waals surface area contributed by atoms with Crippen molar-refractivity contribution in [2.75, 3.05) is 11.9 Å². The van der Waals surface area contributed by atoms with Crippen LogP contribution in [0.1, 0.15) is 41.0 Å². The van der Waals surface area contributed by atoms with Crippen LogP contribution in [0.2, 0.25) is 0 Å². The van der Waals surface area contributed by atoms with Crippen LogP contribution in [-0.2, 0) is 14.3 Å². The number of fused-ring (bicyclic) bond motifs is 1. The summed E-state index contributed by atoms with van der Waals surface area (Å²) in [4.78, 5) is 51.0.